The van der Waals surface area contributed by atoms with Crippen molar-refractivity contribution >= 4 is 5.91 Å². The minimum absolute atomic E-state index is 0.0530. The molecule has 1 rings (SSSR count). The summed E-state index contributed by atoms with van der Waals surface area (Å²) in [7, 11) is 0. The van der Waals surface area contributed by atoms with Crippen molar-refractivity contribution in [3.8, 4) is 6.07 Å². The maximum absolute atomic E-state index is 11.6. The Labute approximate surface area is 95.7 Å². The van der Waals surface area contributed by atoms with Gasteiger partial charge in [-0.25, -0.2) is 0 Å². The average molecular weight is 219 g/mol. The van der Waals surface area contributed by atoms with Crippen molar-refractivity contribution < 1.29 is 4.79 Å². The lowest BCUT2D eigenvalue weighted by molar-refractivity contribution is -0.124. The van der Waals surface area contributed by atoms with E-state index in [0.717, 1.165) is 12.0 Å². The summed E-state index contributed by atoms with van der Waals surface area (Å²) in [5.74, 6) is -0.670. The number of amides is 1. The molecule has 16 heavy (non-hydrogen) atoms. The number of rotatable bonds is 5. The fraction of sp³-hybridized carbons (Fsp3) is 0.500. The van der Waals surface area contributed by atoms with Gasteiger partial charge in [-0.2, -0.15) is 5.26 Å². The lowest BCUT2D eigenvalue weighted by Crippen LogP contribution is -2.33. The van der Waals surface area contributed by atoms with Crippen LogP contribution in [0.3, 0.4) is 0 Å². The molecule has 1 unspecified atom stereocenters. The smallest absolute Gasteiger partial charge is 0.237 e. The highest BCUT2D eigenvalue weighted by Crippen LogP contribution is 2.09. The topological polar surface area (TPSA) is 68.7 Å². The molecule has 86 valence electrons. The van der Waals surface area contributed by atoms with Crippen LogP contribution in [0.15, 0.2) is 18.5 Å². The van der Waals surface area contributed by atoms with Crippen LogP contribution in [-0.4, -0.2) is 17.4 Å². The summed E-state index contributed by atoms with van der Waals surface area (Å²) in [6.45, 7) is 4.32. The summed E-state index contributed by atoms with van der Waals surface area (Å²) in [6, 6.07) is 4.00. The molecule has 1 atom stereocenters. The molecule has 0 saturated carbocycles. The molecule has 4 heteroatoms. The number of hydrogen-bond acceptors (Lipinski definition) is 2. The molecule has 0 aromatic carbocycles. The Morgan fingerprint density at radius 2 is 2.38 bits per heavy atom. The second-order valence-corrected chi connectivity index (χ2v) is 4.11. The van der Waals surface area contributed by atoms with E-state index in [-0.39, 0.29) is 11.8 Å². The number of aromatic amines is 1. The van der Waals surface area contributed by atoms with Gasteiger partial charge in [-0.15, -0.1) is 0 Å². The standard InChI is InChI=1S/C12H17N3O/c1-9(2)11(7-13)12(16)15-6-4-10-3-5-14-8-10/h3,5,8-9,11,14H,4,6H2,1-2H3,(H,15,16). The highest BCUT2D eigenvalue weighted by atomic mass is 16.1. The van der Waals surface area contributed by atoms with E-state index in [4.69, 9.17) is 5.26 Å². The number of carbonyl (C=O) groups is 1. The molecule has 2 N–H and O–H groups in total. The quantitative estimate of drug-likeness (QED) is 0.787. The predicted octanol–water partition coefficient (Wildman–Crippen LogP) is 1.47. The van der Waals surface area contributed by atoms with Crippen molar-refractivity contribution in [2.45, 2.75) is 20.3 Å². The molecule has 0 fully saturated rings. The normalized spacial score (nSPS) is 12.1. The van der Waals surface area contributed by atoms with Crippen LogP contribution in [0, 0.1) is 23.2 Å². The van der Waals surface area contributed by atoms with E-state index in [1.807, 2.05) is 38.4 Å². The van der Waals surface area contributed by atoms with Crippen LogP contribution in [0.5, 0.6) is 0 Å². The fourth-order valence-corrected chi connectivity index (χ4v) is 1.46. The molecule has 4 nitrogen and oxygen atoms in total. The Kier molecular flexibility index (Phi) is 4.59. The van der Waals surface area contributed by atoms with Crippen molar-refractivity contribution in [3.05, 3.63) is 24.0 Å². The molecule has 0 spiro atoms. The van der Waals surface area contributed by atoms with E-state index < -0.39 is 5.92 Å². The fourth-order valence-electron chi connectivity index (χ4n) is 1.46. The maximum Gasteiger partial charge on any atom is 0.237 e. The summed E-state index contributed by atoms with van der Waals surface area (Å²) in [5, 5.41) is 11.6. The van der Waals surface area contributed by atoms with Crippen LogP contribution in [-0.2, 0) is 11.2 Å². The first-order valence-corrected chi connectivity index (χ1v) is 5.44. The van der Waals surface area contributed by atoms with E-state index in [2.05, 4.69) is 10.3 Å². The first-order valence-electron chi connectivity index (χ1n) is 5.44. The molecule has 0 saturated heterocycles. The number of H-pyrrole nitrogens is 1. The van der Waals surface area contributed by atoms with E-state index in [1.54, 1.807) is 0 Å². The third-order valence-corrected chi connectivity index (χ3v) is 2.46. The Balaban J connectivity index is 2.33. The maximum atomic E-state index is 11.6. The number of nitrogens with one attached hydrogen (secondary N) is 2. The summed E-state index contributed by atoms with van der Waals surface area (Å²) in [5.41, 5.74) is 1.15. The largest absolute Gasteiger partial charge is 0.367 e. The molecule has 0 radical (unpaired) electrons. The molecule has 0 aliphatic carbocycles. The molecule has 1 heterocycles. The third-order valence-electron chi connectivity index (χ3n) is 2.46. The van der Waals surface area contributed by atoms with E-state index >= 15 is 0 Å². The number of hydrogen-bond donors (Lipinski definition) is 2. The molecular weight excluding hydrogens is 202 g/mol. The minimum atomic E-state index is -0.550. The van der Waals surface area contributed by atoms with Crippen LogP contribution in [0.1, 0.15) is 19.4 Å². The van der Waals surface area contributed by atoms with Crippen LogP contribution >= 0.6 is 0 Å². The van der Waals surface area contributed by atoms with Gasteiger partial charge in [-0.3, -0.25) is 4.79 Å². The summed E-state index contributed by atoms with van der Waals surface area (Å²) in [6.07, 6.45) is 4.53. The van der Waals surface area contributed by atoms with Gasteiger partial charge in [-0.1, -0.05) is 13.8 Å². The predicted molar refractivity (Wildman–Crippen MR) is 61.4 cm³/mol. The third kappa shape index (κ3) is 3.43. The molecule has 0 bridgehead atoms. The summed E-state index contributed by atoms with van der Waals surface area (Å²) in [4.78, 5) is 14.6. The second kappa shape index (κ2) is 5.96. The molecule has 0 aliphatic rings. The SMILES string of the molecule is CC(C)C(C#N)C(=O)NCCc1cc[nH]c1. The molecule has 1 amide bonds. The van der Waals surface area contributed by atoms with Crippen molar-refractivity contribution in [3.63, 3.8) is 0 Å². The van der Waals surface area contributed by atoms with E-state index in [0.29, 0.717) is 6.54 Å². The van der Waals surface area contributed by atoms with Gasteiger partial charge < -0.3 is 10.3 Å². The Morgan fingerprint density at radius 1 is 1.62 bits per heavy atom. The van der Waals surface area contributed by atoms with Crippen molar-refractivity contribution in [1.29, 1.82) is 5.26 Å². The van der Waals surface area contributed by atoms with Gasteiger partial charge in [0.1, 0.15) is 5.92 Å². The lowest BCUT2D eigenvalue weighted by atomic mass is 9.97. The zero-order valence-electron chi connectivity index (χ0n) is 9.66. The Hall–Kier alpha value is -1.76. The van der Waals surface area contributed by atoms with E-state index in [9.17, 15) is 4.79 Å². The molecule has 0 aliphatic heterocycles. The number of nitriles is 1. The van der Waals surface area contributed by atoms with Crippen molar-refractivity contribution in [2.24, 2.45) is 11.8 Å². The van der Waals surface area contributed by atoms with Gasteiger partial charge in [0.15, 0.2) is 0 Å². The highest BCUT2D eigenvalue weighted by molar-refractivity contribution is 5.81. The minimum Gasteiger partial charge on any atom is -0.367 e. The van der Waals surface area contributed by atoms with Gasteiger partial charge >= 0.3 is 0 Å². The monoisotopic (exact) mass is 219 g/mol. The van der Waals surface area contributed by atoms with Crippen LogP contribution in [0.4, 0.5) is 0 Å². The van der Waals surface area contributed by atoms with Crippen molar-refractivity contribution in [2.75, 3.05) is 6.54 Å². The Morgan fingerprint density at radius 3 is 2.88 bits per heavy atom. The molecular formula is C12H17N3O. The zero-order chi connectivity index (χ0) is 12.0. The van der Waals surface area contributed by atoms with E-state index in [1.165, 1.54) is 0 Å². The zero-order valence-corrected chi connectivity index (χ0v) is 9.66. The highest BCUT2D eigenvalue weighted by Gasteiger charge is 2.20. The molecule has 1 aromatic rings. The van der Waals surface area contributed by atoms with Gasteiger partial charge in [0.2, 0.25) is 5.91 Å². The number of carbonyl (C=O) groups excluding carboxylic acids is 1. The Bertz CT molecular complexity index is 362. The second-order valence-electron chi connectivity index (χ2n) is 4.11. The van der Waals surface area contributed by atoms with Crippen molar-refractivity contribution in [1.82, 2.24) is 10.3 Å². The van der Waals surface area contributed by atoms with Gasteiger partial charge in [0, 0.05) is 18.9 Å². The average Bonchev–Trinajstić information content (AvgIpc) is 2.71. The van der Waals surface area contributed by atoms with Gasteiger partial charge in [0.05, 0.1) is 6.07 Å². The van der Waals surface area contributed by atoms with Crippen LogP contribution < -0.4 is 5.32 Å². The molecule has 1 aromatic heterocycles. The van der Waals surface area contributed by atoms with Gasteiger partial charge in [0.25, 0.3) is 0 Å². The van der Waals surface area contributed by atoms with Crippen LogP contribution in [0.2, 0.25) is 0 Å². The lowest BCUT2D eigenvalue weighted by Gasteiger charge is -2.12. The number of nitrogens with zero attached hydrogens (tertiary/aromatic N) is 1. The summed E-state index contributed by atoms with van der Waals surface area (Å²) < 4.78 is 0. The van der Waals surface area contributed by atoms with Gasteiger partial charge in [-0.05, 0) is 24.0 Å². The first-order chi connectivity index (χ1) is 7.65. The number of aromatic nitrogens is 1. The first kappa shape index (κ1) is 12.3. The van der Waals surface area contributed by atoms with Crippen LogP contribution in [0.25, 0.3) is 0 Å². The summed E-state index contributed by atoms with van der Waals surface area (Å²) >= 11 is 0.